The lowest BCUT2D eigenvalue weighted by Crippen LogP contribution is -2.27. The molecular formula is C11H17N5O2S. The van der Waals surface area contributed by atoms with E-state index in [0.717, 1.165) is 19.1 Å². The third kappa shape index (κ3) is 3.17. The van der Waals surface area contributed by atoms with Crippen molar-refractivity contribution in [1.82, 2.24) is 9.78 Å². The van der Waals surface area contributed by atoms with E-state index in [1.54, 1.807) is 0 Å². The molecule has 0 saturated heterocycles. The van der Waals surface area contributed by atoms with Crippen molar-refractivity contribution >= 4 is 21.5 Å². The molecule has 0 atom stereocenters. The van der Waals surface area contributed by atoms with Crippen LogP contribution in [0.4, 0.5) is 11.6 Å². The van der Waals surface area contributed by atoms with E-state index in [1.807, 2.05) is 6.07 Å². The van der Waals surface area contributed by atoms with Gasteiger partial charge in [0.15, 0.2) is 5.82 Å². The maximum atomic E-state index is 11.1. The topological polar surface area (TPSA) is 114 Å². The summed E-state index contributed by atoms with van der Waals surface area (Å²) in [5, 5.41) is 16.5. The fourth-order valence-corrected chi connectivity index (χ4v) is 2.36. The normalized spacial score (nSPS) is 15.8. The molecule has 0 bridgehead atoms. The van der Waals surface area contributed by atoms with Crippen LogP contribution in [0.2, 0.25) is 0 Å². The van der Waals surface area contributed by atoms with Crippen LogP contribution in [0.1, 0.15) is 24.8 Å². The van der Waals surface area contributed by atoms with Gasteiger partial charge < -0.3 is 11.1 Å². The first-order valence-corrected chi connectivity index (χ1v) is 8.17. The Morgan fingerprint density at radius 3 is 2.74 bits per heavy atom. The SMILES string of the molecule is CS(=O)(=O)CCn1nc(NC2CCC2)c(C#N)c1N. The summed E-state index contributed by atoms with van der Waals surface area (Å²) in [7, 11) is -3.09. The van der Waals surface area contributed by atoms with E-state index >= 15 is 0 Å². The molecule has 1 aliphatic rings. The summed E-state index contributed by atoms with van der Waals surface area (Å²) >= 11 is 0. The van der Waals surface area contributed by atoms with Crippen molar-refractivity contribution in [1.29, 1.82) is 5.26 Å². The monoisotopic (exact) mass is 283 g/mol. The van der Waals surface area contributed by atoms with Crippen LogP contribution >= 0.6 is 0 Å². The lowest BCUT2D eigenvalue weighted by Gasteiger charge is -2.26. The van der Waals surface area contributed by atoms with E-state index in [2.05, 4.69) is 10.4 Å². The first kappa shape index (κ1) is 13.7. The fourth-order valence-electron chi connectivity index (χ4n) is 1.85. The Kier molecular flexibility index (Phi) is 3.66. The molecule has 1 fully saturated rings. The molecule has 1 aromatic heterocycles. The van der Waals surface area contributed by atoms with Gasteiger partial charge in [0, 0.05) is 12.3 Å². The van der Waals surface area contributed by atoms with Gasteiger partial charge in [-0.15, -0.1) is 0 Å². The zero-order valence-corrected chi connectivity index (χ0v) is 11.6. The highest BCUT2D eigenvalue weighted by Crippen LogP contribution is 2.27. The molecule has 8 heteroatoms. The van der Waals surface area contributed by atoms with Crippen LogP contribution in [-0.4, -0.2) is 36.2 Å². The number of aryl methyl sites for hydroxylation is 1. The van der Waals surface area contributed by atoms with Crippen LogP contribution in [0, 0.1) is 11.3 Å². The summed E-state index contributed by atoms with van der Waals surface area (Å²) < 4.78 is 23.7. The minimum absolute atomic E-state index is 0.0490. The minimum atomic E-state index is -3.09. The van der Waals surface area contributed by atoms with Crippen molar-refractivity contribution in [3.8, 4) is 6.07 Å². The number of nitrogens with one attached hydrogen (secondary N) is 1. The van der Waals surface area contributed by atoms with Gasteiger partial charge in [0.25, 0.3) is 0 Å². The third-order valence-corrected chi connectivity index (χ3v) is 4.15. The zero-order chi connectivity index (χ0) is 14.0. The number of hydrogen-bond donors (Lipinski definition) is 2. The molecular weight excluding hydrogens is 266 g/mol. The number of hydrogen-bond acceptors (Lipinski definition) is 6. The molecule has 1 aromatic rings. The number of anilines is 2. The van der Waals surface area contributed by atoms with Crippen molar-refractivity contribution in [3.05, 3.63) is 5.56 Å². The number of nitrogens with two attached hydrogens (primary N) is 1. The Labute approximate surface area is 112 Å². The van der Waals surface area contributed by atoms with Gasteiger partial charge in [-0.2, -0.15) is 10.4 Å². The second-order valence-corrected chi connectivity index (χ2v) is 7.11. The van der Waals surface area contributed by atoms with Crippen molar-refractivity contribution in [2.24, 2.45) is 0 Å². The summed E-state index contributed by atoms with van der Waals surface area (Å²) in [6, 6.07) is 2.35. The van der Waals surface area contributed by atoms with Crippen LogP contribution in [0.5, 0.6) is 0 Å². The first-order chi connectivity index (χ1) is 8.90. The van der Waals surface area contributed by atoms with Crippen LogP contribution < -0.4 is 11.1 Å². The van der Waals surface area contributed by atoms with Crippen molar-refractivity contribution in [2.75, 3.05) is 23.1 Å². The summed E-state index contributed by atoms with van der Waals surface area (Å²) in [5.41, 5.74) is 6.11. The smallest absolute Gasteiger partial charge is 0.168 e. The van der Waals surface area contributed by atoms with Gasteiger partial charge in [-0.25, -0.2) is 13.1 Å². The molecule has 19 heavy (non-hydrogen) atoms. The highest BCUT2D eigenvalue weighted by atomic mass is 32.2. The molecule has 0 radical (unpaired) electrons. The number of nitriles is 1. The van der Waals surface area contributed by atoms with Crippen LogP contribution in [-0.2, 0) is 16.4 Å². The molecule has 1 aliphatic carbocycles. The predicted molar refractivity (Wildman–Crippen MR) is 72.3 cm³/mol. The maximum absolute atomic E-state index is 11.1. The van der Waals surface area contributed by atoms with E-state index in [1.165, 1.54) is 11.1 Å². The van der Waals surface area contributed by atoms with Gasteiger partial charge in [-0.05, 0) is 19.3 Å². The molecule has 104 valence electrons. The van der Waals surface area contributed by atoms with Crippen molar-refractivity contribution in [3.63, 3.8) is 0 Å². The number of sulfone groups is 1. The summed E-state index contributed by atoms with van der Waals surface area (Å²) in [6.45, 7) is 0.158. The van der Waals surface area contributed by atoms with E-state index in [-0.39, 0.29) is 18.1 Å². The summed E-state index contributed by atoms with van der Waals surface area (Å²) in [6.07, 6.45) is 4.44. The molecule has 2 rings (SSSR count). The lowest BCUT2D eigenvalue weighted by molar-refractivity contribution is 0.443. The standard InChI is InChI=1S/C11H17N5O2S/c1-19(17,18)6-5-16-10(13)9(7-12)11(15-16)14-8-3-2-4-8/h8H,2-6,13H2,1H3,(H,14,15). The average molecular weight is 283 g/mol. The molecule has 0 amide bonds. The van der Waals surface area contributed by atoms with Crippen LogP contribution in [0.15, 0.2) is 0 Å². The van der Waals surface area contributed by atoms with E-state index in [9.17, 15) is 8.42 Å². The maximum Gasteiger partial charge on any atom is 0.168 e. The Bertz CT molecular complexity index is 610. The summed E-state index contributed by atoms with van der Waals surface area (Å²) in [5.74, 6) is 0.623. The molecule has 3 N–H and O–H groups in total. The van der Waals surface area contributed by atoms with Crippen LogP contribution in [0.25, 0.3) is 0 Å². The zero-order valence-electron chi connectivity index (χ0n) is 10.8. The quantitative estimate of drug-likeness (QED) is 0.805. The van der Waals surface area contributed by atoms with Crippen molar-refractivity contribution < 1.29 is 8.42 Å². The highest BCUT2D eigenvalue weighted by molar-refractivity contribution is 7.90. The van der Waals surface area contributed by atoms with Gasteiger partial charge in [-0.1, -0.05) is 0 Å². The van der Waals surface area contributed by atoms with Crippen LogP contribution in [0.3, 0.4) is 0 Å². The number of nitrogens with zero attached hydrogens (tertiary/aromatic N) is 3. The second-order valence-electron chi connectivity index (χ2n) is 4.85. The number of nitrogen functional groups attached to an aromatic ring is 1. The molecule has 0 spiro atoms. The number of aromatic nitrogens is 2. The molecule has 1 saturated carbocycles. The molecule has 7 nitrogen and oxygen atoms in total. The minimum Gasteiger partial charge on any atom is -0.383 e. The number of rotatable bonds is 5. The Morgan fingerprint density at radius 1 is 1.58 bits per heavy atom. The lowest BCUT2D eigenvalue weighted by atomic mass is 9.93. The van der Waals surface area contributed by atoms with E-state index in [4.69, 9.17) is 11.0 Å². The van der Waals surface area contributed by atoms with Gasteiger partial charge in [-0.3, -0.25) is 0 Å². The molecule has 1 heterocycles. The van der Waals surface area contributed by atoms with Gasteiger partial charge in [0.05, 0.1) is 12.3 Å². The van der Waals surface area contributed by atoms with Gasteiger partial charge >= 0.3 is 0 Å². The first-order valence-electron chi connectivity index (χ1n) is 6.11. The molecule has 0 aliphatic heterocycles. The Hall–Kier alpha value is -1.75. The van der Waals surface area contributed by atoms with E-state index in [0.29, 0.717) is 17.4 Å². The molecule has 0 unspecified atom stereocenters. The Morgan fingerprint density at radius 2 is 2.26 bits per heavy atom. The predicted octanol–water partition coefficient (Wildman–Crippen LogP) is 0.346. The van der Waals surface area contributed by atoms with Gasteiger partial charge in [0.1, 0.15) is 27.3 Å². The highest BCUT2D eigenvalue weighted by Gasteiger charge is 2.22. The third-order valence-electron chi connectivity index (χ3n) is 3.22. The second kappa shape index (κ2) is 5.09. The van der Waals surface area contributed by atoms with Gasteiger partial charge in [0.2, 0.25) is 0 Å². The van der Waals surface area contributed by atoms with E-state index < -0.39 is 9.84 Å². The fraction of sp³-hybridized carbons (Fsp3) is 0.636. The largest absolute Gasteiger partial charge is 0.383 e. The van der Waals surface area contributed by atoms with Crippen molar-refractivity contribution in [2.45, 2.75) is 31.8 Å². The molecule has 0 aromatic carbocycles. The Balaban J connectivity index is 2.17. The summed E-state index contributed by atoms with van der Waals surface area (Å²) in [4.78, 5) is 0. The average Bonchev–Trinajstić information content (AvgIpc) is 2.56.